The molecule has 2 aromatic rings. The van der Waals surface area contributed by atoms with E-state index >= 15 is 0 Å². The summed E-state index contributed by atoms with van der Waals surface area (Å²) in [5.74, 6) is -0.533. The van der Waals surface area contributed by atoms with E-state index in [9.17, 15) is 18.0 Å². The van der Waals surface area contributed by atoms with Crippen molar-refractivity contribution < 1.29 is 13.2 Å². The Hall–Kier alpha value is -1.93. The van der Waals surface area contributed by atoms with Gasteiger partial charge < -0.3 is 10.3 Å². The molecule has 0 saturated heterocycles. The van der Waals surface area contributed by atoms with Crippen LogP contribution in [0.1, 0.15) is 15.9 Å². The molecule has 0 spiro atoms. The number of hydrogen-bond donors (Lipinski definition) is 2. The molecule has 2 N–H and O–H groups in total. The van der Waals surface area contributed by atoms with Gasteiger partial charge in [-0.25, -0.2) is 8.42 Å². The second kappa shape index (κ2) is 6.45. The fourth-order valence-electron chi connectivity index (χ4n) is 1.80. The van der Waals surface area contributed by atoms with E-state index in [1.54, 1.807) is 12.1 Å². The summed E-state index contributed by atoms with van der Waals surface area (Å²) in [5.41, 5.74) is 0.640. The van der Waals surface area contributed by atoms with Crippen molar-refractivity contribution >= 4 is 37.4 Å². The van der Waals surface area contributed by atoms with E-state index in [-0.39, 0.29) is 11.4 Å². The maximum absolute atomic E-state index is 12.1. The van der Waals surface area contributed by atoms with Gasteiger partial charge in [-0.05, 0) is 39.7 Å². The summed E-state index contributed by atoms with van der Waals surface area (Å²) in [6.45, 7) is 0. The Morgan fingerprint density at radius 2 is 1.91 bits per heavy atom. The average Bonchev–Trinajstić information content (AvgIpc) is 2.42. The maximum Gasteiger partial charge on any atom is 0.271 e. The summed E-state index contributed by atoms with van der Waals surface area (Å²) in [4.78, 5) is 26.1. The van der Waals surface area contributed by atoms with Crippen LogP contribution in [0, 0.1) is 0 Å². The van der Waals surface area contributed by atoms with Crippen molar-refractivity contribution in [3.05, 3.63) is 62.5 Å². The number of hydrogen-bond acceptors (Lipinski definition) is 4. The molecule has 0 aliphatic rings. The van der Waals surface area contributed by atoms with E-state index in [2.05, 4.69) is 26.2 Å². The normalized spacial score (nSPS) is 11.2. The number of amides is 1. The average molecular weight is 385 g/mol. The van der Waals surface area contributed by atoms with Gasteiger partial charge in [-0.1, -0.05) is 12.1 Å². The molecular formula is C14H13BrN2O4S. The Balaban J connectivity index is 2.16. The van der Waals surface area contributed by atoms with Gasteiger partial charge in [0.15, 0.2) is 9.84 Å². The summed E-state index contributed by atoms with van der Waals surface area (Å²) in [6, 6.07) is 7.67. The fraction of sp³-hybridized carbons (Fsp3) is 0.143. The van der Waals surface area contributed by atoms with Crippen LogP contribution in [0.3, 0.4) is 0 Å². The molecule has 0 fully saturated rings. The van der Waals surface area contributed by atoms with Crippen LogP contribution in [-0.4, -0.2) is 25.6 Å². The zero-order chi connectivity index (χ0) is 16.3. The number of benzene rings is 1. The number of rotatable bonds is 4. The molecule has 2 rings (SSSR count). The molecule has 6 nitrogen and oxygen atoms in total. The smallest absolute Gasteiger partial charge is 0.271 e. The Bertz CT molecular complexity index is 857. The van der Waals surface area contributed by atoms with Crippen LogP contribution in [0.4, 0.5) is 5.69 Å². The first-order valence-corrected chi connectivity index (χ1v) is 9.06. The molecule has 22 heavy (non-hydrogen) atoms. The second-order valence-corrected chi connectivity index (χ2v) is 7.84. The lowest BCUT2D eigenvalue weighted by Crippen LogP contribution is -2.19. The Morgan fingerprint density at radius 1 is 1.27 bits per heavy atom. The van der Waals surface area contributed by atoms with E-state index in [1.807, 2.05) is 0 Å². The summed E-state index contributed by atoms with van der Waals surface area (Å²) in [6.07, 6.45) is 2.62. The quantitative estimate of drug-likeness (QED) is 0.841. The Kier molecular flexibility index (Phi) is 4.82. The lowest BCUT2D eigenvalue weighted by atomic mass is 10.1. The zero-order valence-corrected chi connectivity index (χ0v) is 14.0. The third kappa shape index (κ3) is 4.54. The molecule has 0 unspecified atom stereocenters. The van der Waals surface area contributed by atoms with Crippen molar-refractivity contribution in [2.24, 2.45) is 0 Å². The van der Waals surface area contributed by atoms with Crippen LogP contribution in [0.25, 0.3) is 0 Å². The summed E-state index contributed by atoms with van der Waals surface area (Å²) < 4.78 is 23.0. The second-order valence-electron chi connectivity index (χ2n) is 4.78. The van der Waals surface area contributed by atoms with Crippen molar-refractivity contribution in [2.75, 3.05) is 11.6 Å². The highest BCUT2D eigenvalue weighted by Gasteiger charge is 2.10. The van der Waals surface area contributed by atoms with Gasteiger partial charge in [0.05, 0.1) is 5.75 Å². The predicted molar refractivity (Wildman–Crippen MR) is 87.7 cm³/mol. The minimum absolute atomic E-state index is 0.0831. The first-order valence-electron chi connectivity index (χ1n) is 6.21. The maximum atomic E-state index is 12.1. The van der Waals surface area contributed by atoms with Gasteiger partial charge in [0, 0.05) is 22.5 Å². The van der Waals surface area contributed by atoms with E-state index in [0.717, 1.165) is 6.26 Å². The van der Waals surface area contributed by atoms with Gasteiger partial charge in [-0.3, -0.25) is 9.59 Å². The zero-order valence-electron chi connectivity index (χ0n) is 11.6. The van der Waals surface area contributed by atoms with Crippen LogP contribution in [0.15, 0.2) is 45.8 Å². The number of anilines is 1. The molecule has 116 valence electrons. The molecule has 0 saturated carbocycles. The van der Waals surface area contributed by atoms with Crippen molar-refractivity contribution in [1.82, 2.24) is 4.98 Å². The third-order valence-corrected chi connectivity index (χ3v) is 4.08. The largest absolute Gasteiger partial charge is 0.326 e. The van der Waals surface area contributed by atoms with Gasteiger partial charge in [-0.2, -0.15) is 0 Å². The number of aromatic amines is 1. The summed E-state index contributed by atoms with van der Waals surface area (Å²) in [7, 11) is -3.12. The van der Waals surface area contributed by atoms with Gasteiger partial charge >= 0.3 is 0 Å². The monoisotopic (exact) mass is 384 g/mol. The number of aromatic nitrogens is 1. The molecule has 0 aliphatic heterocycles. The standard InChI is InChI=1S/C14H13BrN2O4S/c1-22(20,21)8-9-2-4-10(5-3-9)13(18)17-12-6-11(15)7-16-14(12)19/h2-7H,8H2,1H3,(H,16,19)(H,17,18). The lowest BCUT2D eigenvalue weighted by molar-refractivity contribution is 0.102. The minimum atomic E-state index is -3.12. The van der Waals surface area contributed by atoms with Crippen LogP contribution in [0.2, 0.25) is 0 Å². The molecule has 0 atom stereocenters. The van der Waals surface area contributed by atoms with Crippen LogP contribution >= 0.6 is 15.9 Å². The molecule has 1 amide bonds. The lowest BCUT2D eigenvalue weighted by Gasteiger charge is -2.06. The number of nitrogens with one attached hydrogen (secondary N) is 2. The number of H-pyrrole nitrogens is 1. The van der Waals surface area contributed by atoms with Gasteiger partial charge in [0.1, 0.15) is 5.69 Å². The Labute approximate surface area is 135 Å². The molecule has 1 aromatic carbocycles. The van der Waals surface area contributed by atoms with Crippen molar-refractivity contribution in [3.63, 3.8) is 0 Å². The molecule has 8 heteroatoms. The first kappa shape index (κ1) is 16.4. The minimum Gasteiger partial charge on any atom is -0.326 e. The van der Waals surface area contributed by atoms with Crippen LogP contribution < -0.4 is 10.9 Å². The molecule has 1 heterocycles. The first-order chi connectivity index (χ1) is 10.2. The van der Waals surface area contributed by atoms with Gasteiger partial charge in [0.25, 0.3) is 11.5 Å². The molecule has 0 aliphatic carbocycles. The van der Waals surface area contributed by atoms with E-state index in [1.165, 1.54) is 24.4 Å². The highest BCUT2D eigenvalue weighted by molar-refractivity contribution is 9.10. The molecular weight excluding hydrogens is 372 g/mol. The van der Waals surface area contributed by atoms with E-state index < -0.39 is 21.3 Å². The number of carbonyl (C=O) groups excluding carboxylic acids is 1. The number of pyridine rings is 1. The SMILES string of the molecule is CS(=O)(=O)Cc1ccc(C(=O)Nc2cc(Br)c[nH]c2=O)cc1. The fourth-order valence-corrected chi connectivity index (χ4v) is 2.94. The topological polar surface area (TPSA) is 96.1 Å². The van der Waals surface area contributed by atoms with Gasteiger partial charge in [-0.15, -0.1) is 0 Å². The van der Waals surface area contributed by atoms with Gasteiger partial charge in [0.2, 0.25) is 0 Å². The third-order valence-electron chi connectivity index (χ3n) is 2.76. The number of sulfone groups is 1. The van der Waals surface area contributed by atoms with Crippen LogP contribution in [0.5, 0.6) is 0 Å². The van der Waals surface area contributed by atoms with Crippen molar-refractivity contribution in [3.8, 4) is 0 Å². The molecule has 0 bridgehead atoms. The van der Waals surface area contributed by atoms with Crippen molar-refractivity contribution in [2.45, 2.75) is 5.75 Å². The Morgan fingerprint density at radius 3 is 2.50 bits per heavy atom. The van der Waals surface area contributed by atoms with E-state index in [0.29, 0.717) is 15.6 Å². The summed E-state index contributed by atoms with van der Waals surface area (Å²) in [5, 5.41) is 2.50. The predicted octanol–water partition coefficient (Wildman–Crippen LogP) is 1.93. The van der Waals surface area contributed by atoms with Crippen LogP contribution in [-0.2, 0) is 15.6 Å². The molecule has 0 radical (unpaired) electrons. The molecule has 1 aromatic heterocycles. The highest BCUT2D eigenvalue weighted by atomic mass is 79.9. The number of halogens is 1. The van der Waals surface area contributed by atoms with Crippen molar-refractivity contribution in [1.29, 1.82) is 0 Å². The summed E-state index contributed by atoms with van der Waals surface area (Å²) >= 11 is 3.20. The highest BCUT2D eigenvalue weighted by Crippen LogP contribution is 2.12. The van der Waals surface area contributed by atoms with E-state index in [4.69, 9.17) is 0 Å². The number of carbonyl (C=O) groups is 1.